The fourth-order valence-corrected chi connectivity index (χ4v) is 4.06. The van der Waals surface area contributed by atoms with Crippen LogP contribution in [0.3, 0.4) is 0 Å². The van der Waals surface area contributed by atoms with Crippen LogP contribution in [0.1, 0.15) is 0 Å². The van der Waals surface area contributed by atoms with Gasteiger partial charge in [0.25, 0.3) is 0 Å². The molecule has 0 unspecified atom stereocenters. The molecule has 1 aliphatic heterocycles. The molecular weight excluding hydrogens is 322 g/mol. The number of rotatable bonds is 6. The van der Waals surface area contributed by atoms with Crippen molar-refractivity contribution in [2.24, 2.45) is 0 Å². The van der Waals surface area contributed by atoms with Crippen LogP contribution in [-0.4, -0.2) is 72.6 Å². The zero-order valence-corrected chi connectivity index (χ0v) is 14.6. The number of methoxy groups -OCH3 is 3. The lowest BCUT2D eigenvalue weighted by Crippen LogP contribution is -2.57. The van der Waals surface area contributed by atoms with Crippen molar-refractivity contribution < 1.29 is 27.4 Å². The summed E-state index contributed by atoms with van der Waals surface area (Å²) in [5, 5.41) is 0. The van der Waals surface area contributed by atoms with E-state index in [0.717, 1.165) is 0 Å². The van der Waals surface area contributed by atoms with Gasteiger partial charge >= 0.3 is 0 Å². The number of nitrogens with zero attached hydrogens (tertiary/aromatic N) is 1. The van der Waals surface area contributed by atoms with Crippen molar-refractivity contribution >= 4 is 10.0 Å². The Kier molecular flexibility index (Phi) is 5.99. The molecule has 8 heteroatoms. The van der Waals surface area contributed by atoms with Crippen molar-refractivity contribution in [3.8, 4) is 5.75 Å². The van der Waals surface area contributed by atoms with Crippen molar-refractivity contribution in [3.63, 3.8) is 0 Å². The quantitative estimate of drug-likeness (QED) is 0.757. The van der Waals surface area contributed by atoms with Gasteiger partial charge in [0, 0.05) is 27.3 Å². The van der Waals surface area contributed by atoms with Crippen LogP contribution in [0.15, 0.2) is 29.2 Å². The number of benzene rings is 1. The van der Waals surface area contributed by atoms with Gasteiger partial charge in [0.2, 0.25) is 10.0 Å². The van der Waals surface area contributed by atoms with E-state index in [1.807, 2.05) is 0 Å². The normalized spacial score (nSPS) is 25.5. The summed E-state index contributed by atoms with van der Waals surface area (Å²) in [7, 11) is 2.40. The van der Waals surface area contributed by atoms with Crippen LogP contribution in [0.4, 0.5) is 0 Å². The molecular formula is C15H23NO6S. The van der Waals surface area contributed by atoms with Crippen LogP contribution in [0.2, 0.25) is 0 Å². The van der Waals surface area contributed by atoms with E-state index >= 15 is 0 Å². The fraction of sp³-hybridized carbons (Fsp3) is 0.600. The van der Waals surface area contributed by atoms with Crippen LogP contribution in [0.5, 0.6) is 5.75 Å². The first-order valence-corrected chi connectivity index (χ1v) is 8.65. The molecule has 2 rings (SSSR count). The molecule has 0 N–H and O–H groups in total. The van der Waals surface area contributed by atoms with E-state index in [4.69, 9.17) is 18.9 Å². The second kappa shape index (κ2) is 7.59. The van der Waals surface area contributed by atoms with Crippen molar-refractivity contribution in [1.29, 1.82) is 0 Å². The molecule has 1 aliphatic rings. The lowest BCUT2D eigenvalue weighted by molar-refractivity contribution is -0.142. The molecule has 0 radical (unpaired) electrons. The number of hydrogen-bond donors (Lipinski definition) is 0. The van der Waals surface area contributed by atoms with Crippen LogP contribution >= 0.6 is 0 Å². The molecule has 0 spiro atoms. The van der Waals surface area contributed by atoms with Gasteiger partial charge in [0.1, 0.15) is 18.0 Å². The van der Waals surface area contributed by atoms with Crippen LogP contribution in [0.25, 0.3) is 0 Å². The van der Waals surface area contributed by atoms with Gasteiger partial charge in [-0.1, -0.05) is 6.07 Å². The van der Waals surface area contributed by atoms with E-state index in [2.05, 4.69) is 0 Å². The van der Waals surface area contributed by atoms with E-state index in [9.17, 15) is 8.42 Å². The Morgan fingerprint density at radius 3 is 2.52 bits per heavy atom. The Labute approximate surface area is 137 Å². The van der Waals surface area contributed by atoms with Gasteiger partial charge in [-0.3, -0.25) is 0 Å². The maximum atomic E-state index is 12.9. The molecule has 7 nitrogen and oxygen atoms in total. The summed E-state index contributed by atoms with van der Waals surface area (Å²) in [4.78, 5) is 0.161. The lowest BCUT2D eigenvalue weighted by atomic mass is 10.0. The molecule has 0 aromatic heterocycles. The zero-order chi connectivity index (χ0) is 17.0. The maximum Gasteiger partial charge on any atom is 0.243 e. The fourth-order valence-electron chi connectivity index (χ4n) is 2.67. The average Bonchev–Trinajstić information content (AvgIpc) is 2.60. The van der Waals surface area contributed by atoms with E-state index in [0.29, 0.717) is 12.4 Å². The van der Waals surface area contributed by atoms with Gasteiger partial charge in [-0.2, -0.15) is 4.31 Å². The minimum Gasteiger partial charge on any atom is -0.497 e. The lowest BCUT2D eigenvalue weighted by Gasteiger charge is -2.40. The Morgan fingerprint density at radius 2 is 1.91 bits per heavy atom. The van der Waals surface area contributed by atoms with E-state index in [-0.39, 0.29) is 17.6 Å². The Hall–Kier alpha value is -1.19. The van der Waals surface area contributed by atoms with E-state index < -0.39 is 22.2 Å². The van der Waals surface area contributed by atoms with Crippen LogP contribution < -0.4 is 4.74 Å². The summed E-state index contributed by atoms with van der Waals surface area (Å²) in [5.74, 6) is 0.484. The Morgan fingerprint density at radius 1 is 1.17 bits per heavy atom. The molecule has 3 atom stereocenters. The van der Waals surface area contributed by atoms with Gasteiger partial charge in [-0.25, -0.2) is 8.42 Å². The number of sulfonamides is 1. The molecule has 0 saturated carbocycles. The molecule has 23 heavy (non-hydrogen) atoms. The highest BCUT2D eigenvalue weighted by molar-refractivity contribution is 7.89. The topological polar surface area (TPSA) is 74.3 Å². The third kappa shape index (κ3) is 3.67. The summed E-state index contributed by atoms with van der Waals surface area (Å²) in [5.41, 5.74) is 0. The van der Waals surface area contributed by atoms with Crippen molar-refractivity contribution in [2.75, 3.05) is 41.6 Å². The number of likely N-dealkylation sites (N-methyl/N-ethyl adjacent to an activating group) is 1. The molecule has 1 fully saturated rings. The smallest absolute Gasteiger partial charge is 0.243 e. The molecule has 1 saturated heterocycles. The monoisotopic (exact) mass is 345 g/mol. The van der Waals surface area contributed by atoms with E-state index in [1.165, 1.54) is 30.6 Å². The number of hydrogen-bond acceptors (Lipinski definition) is 6. The highest BCUT2D eigenvalue weighted by atomic mass is 32.2. The average molecular weight is 345 g/mol. The molecule has 0 bridgehead atoms. The SMILES string of the molecule is COc1cccc(S(=O)(=O)N(C)[C@@H]2COC[C@@H](OC)[C@H]2OC)c1. The van der Waals surface area contributed by atoms with Gasteiger partial charge in [-0.05, 0) is 12.1 Å². The first-order chi connectivity index (χ1) is 11.0. The summed E-state index contributed by atoms with van der Waals surface area (Å²) in [6.07, 6.45) is -0.721. The summed E-state index contributed by atoms with van der Waals surface area (Å²) < 4.78 is 48.4. The standard InChI is InChI=1S/C15H23NO6S/c1-16(13-9-22-10-14(20-3)15(13)21-4)23(17,18)12-7-5-6-11(8-12)19-2/h5-8,13-15H,9-10H2,1-4H3/t13-,14-,15+/m1/s1. The molecule has 0 amide bonds. The molecule has 1 aromatic carbocycles. The van der Waals surface area contributed by atoms with Crippen molar-refractivity contribution in [1.82, 2.24) is 4.31 Å². The molecule has 1 heterocycles. The summed E-state index contributed by atoms with van der Waals surface area (Å²) in [6.45, 7) is 0.622. The third-order valence-electron chi connectivity index (χ3n) is 4.08. The van der Waals surface area contributed by atoms with E-state index in [1.54, 1.807) is 26.4 Å². The molecule has 1 aromatic rings. The predicted octanol–water partition coefficient (Wildman–Crippen LogP) is 0.745. The largest absolute Gasteiger partial charge is 0.497 e. The Balaban J connectivity index is 2.31. The van der Waals surface area contributed by atoms with Crippen molar-refractivity contribution in [2.45, 2.75) is 23.1 Å². The van der Waals surface area contributed by atoms with Crippen LogP contribution in [-0.2, 0) is 24.2 Å². The molecule has 0 aliphatic carbocycles. The molecule has 130 valence electrons. The van der Waals surface area contributed by atoms with Gasteiger partial charge in [-0.15, -0.1) is 0 Å². The van der Waals surface area contributed by atoms with Crippen molar-refractivity contribution in [3.05, 3.63) is 24.3 Å². The summed E-state index contributed by atoms with van der Waals surface area (Å²) >= 11 is 0. The zero-order valence-electron chi connectivity index (χ0n) is 13.8. The predicted molar refractivity (Wildman–Crippen MR) is 84.1 cm³/mol. The number of ether oxygens (including phenoxy) is 4. The third-order valence-corrected chi connectivity index (χ3v) is 5.96. The highest BCUT2D eigenvalue weighted by Crippen LogP contribution is 2.26. The minimum atomic E-state index is -3.71. The second-order valence-electron chi connectivity index (χ2n) is 5.28. The maximum absolute atomic E-state index is 12.9. The summed E-state index contributed by atoms with van der Waals surface area (Å²) in [6, 6.07) is 5.89. The minimum absolute atomic E-state index is 0.161. The second-order valence-corrected chi connectivity index (χ2v) is 7.28. The van der Waals surface area contributed by atoms with Crippen LogP contribution in [0, 0.1) is 0 Å². The Bertz CT molecular complexity index is 620. The highest BCUT2D eigenvalue weighted by Gasteiger charge is 2.41. The van der Waals surface area contributed by atoms with Gasteiger partial charge < -0.3 is 18.9 Å². The first-order valence-electron chi connectivity index (χ1n) is 7.21. The first kappa shape index (κ1) is 18.2. The van der Waals surface area contributed by atoms with Gasteiger partial charge in [0.05, 0.1) is 31.3 Å². The van der Waals surface area contributed by atoms with Gasteiger partial charge in [0.15, 0.2) is 0 Å².